The van der Waals surface area contributed by atoms with Crippen LogP contribution in [-0.4, -0.2) is 26.8 Å². The normalized spacial score (nSPS) is 22.2. The smallest absolute Gasteiger partial charge is 0.122 e. The van der Waals surface area contributed by atoms with Gasteiger partial charge >= 0.3 is 0 Å². The zero-order valence-corrected chi connectivity index (χ0v) is 12.4. The molecule has 1 fully saturated rings. The third-order valence-electron chi connectivity index (χ3n) is 4.01. The van der Waals surface area contributed by atoms with Gasteiger partial charge in [-0.2, -0.15) is 0 Å². The van der Waals surface area contributed by atoms with Crippen LogP contribution in [0.5, 0.6) is 11.5 Å². The summed E-state index contributed by atoms with van der Waals surface area (Å²) in [5.41, 5.74) is 1.35. The molecule has 106 valence electrons. The first kappa shape index (κ1) is 14.2. The first-order valence-corrected chi connectivity index (χ1v) is 7.10. The van der Waals surface area contributed by atoms with Crippen molar-refractivity contribution in [2.45, 2.75) is 38.6 Å². The van der Waals surface area contributed by atoms with Gasteiger partial charge in [-0.3, -0.25) is 0 Å². The largest absolute Gasteiger partial charge is 0.497 e. The van der Waals surface area contributed by atoms with Gasteiger partial charge in [-0.25, -0.2) is 0 Å². The second-order valence-corrected chi connectivity index (χ2v) is 5.65. The molecule has 0 amide bonds. The molecule has 2 unspecified atom stereocenters. The Bertz CT molecular complexity index is 395. The van der Waals surface area contributed by atoms with Crippen LogP contribution in [-0.2, 0) is 0 Å². The molecular weight excluding hydrogens is 238 g/mol. The van der Waals surface area contributed by atoms with Crippen molar-refractivity contribution in [3.05, 3.63) is 23.8 Å². The van der Waals surface area contributed by atoms with Crippen molar-refractivity contribution < 1.29 is 9.47 Å². The highest BCUT2D eigenvalue weighted by molar-refractivity contribution is 5.41. The predicted molar refractivity (Wildman–Crippen MR) is 78.1 cm³/mol. The molecule has 0 spiro atoms. The molecule has 1 aromatic rings. The number of hydrogen-bond acceptors (Lipinski definition) is 3. The first-order valence-electron chi connectivity index (χ1n) is 7.10. The molecular formula is C16H25NO2. The maximum atomic E-state index is 5.35. The molecule has 1 N–H and O–H groups in total. The monoisotopic (exact) mass is 263 g/mol. The van der Waals surface area contributed by atoms with Crippen molar-refractivity contribution in [3.8, 4) is 11.5 Å². The third kappa shape index (κ3) is 3.41. The number of rotatable bonds is 6. The van der Waals surface area contributed by atoms with E-state index in [0.29, 0.717) is 12.0 Å². The van der Waals surface area contributed by atoms with Gasteiger partial charge in [0.2, 0.25) is 0 Å². The molecule has 19 heavy (non-hydrogen) atoms. The van der Waals surface area contributed by atoms with Crippen molar-refractivity contribution >= 4 is 0 Å². The highest BCUT2D eigenvalue weighted by Gasteiger charge is 2.32. The maximum absolute atomic E-state index is 5.35. The van der Waals surface area contributed by atoms with E-state index < -0.39 is 0 Å². The van der Waals surface area contributed by atoms with Gasteiger partial charge in [0.25, 0.3) is 0 Å². The highest BCUT2D eigenvalue weighted by Crippen LogP contribution is 2.44. The van der Waals surface area contributed by atoms with Crippen LogP contribution in [0, 0.1) is 5.92 Å². The van der Waals surface area contributed by atoms with Crippen LogP contribution >= 0.6 is 0 Å². The quantitative estimate of drug-likeness (QED) is 0.855. The van der Waals surface area contributed by atoms with Crippen molar-refractivity contribution in [1.82, 2.24) is 5.32 Å². The van der Waals surface area contributed by atoms with Gasteiger partial charge in [-0.05, 0) is 48.9 Å². The van der Waals surface area contributed by atoms with Crippen LogP contribution in [0.2, 0.25) is 0 Å². The van der Waals surface area contributed by atoms with E-state index in [1.54, 1.807) is 14.2 Å². The number of ether oxygens (including phenoxy) is 2. The van der Waals surface area contributed by atoms with E-state index in [1.807, 2.05) is 6.07 Å². The highest BCUT2D eigenvalue weighted by atomic mass is 16.5. The average molecular weight is 263 g/mol. The minimum Gasteiger partial charge on any atom is -0.497 e. The number of nitrogens with one attached hydrogen (secondary N) is 1. The molecule has 1 aliphatic carbocycles. The van der Waals surface area contributed by atoms with Crippen LogP contribution in [0.15, 0.2) is 18.2 Å². The molecule has 0 radical (unpaired) electrons. The van der Waals surface area contributed by atoms with Crippen molar-refractivity contribution in [1.29, 1.82) is 0 Å². The minimum atomic E-state index is 0.557. The van der Waals surface area contributed by atoms with Crippen LogP contribution in [0.4, 0.5) is 0 Å². The van der Waals surface area contributed by atoms with Gasteiger partial charge in [0.15, 0.2) is 0 Å². The topological polar surface area (TPSA) is 30.5 Å². The fraction of sp³-hybridized carbons (Fsp3) is 0.625. The summed E-state index contributed by atoms with van der Waals surface area (Å²) >= 11 is 0. The summed E-state index contributed by atoms with van der Waals surface area (Å²) in [4.78, 5) is 0. The fourth-order valence-corrected chi connectivity index (χ4v) is 2.68. The van der Waals surface area contributed by atoms with E-state index in [4.69, 9.17) is 9.47 Å². The lowest BCUT2D eigenvalue weighted by atomic mass is 9.70. The SMILES string of the molecule is COc1cc(OC)cc(C2CCC2CNC(C)C)c1. The van der Waals surface area contributed by atoms with Gasteiger partial charge in [0, 0.05) is 12.1 Å². The van der Waals surface area contributed by atoms with Gasteiger partial charge in [-0.15, -0.1) is 0 Å². The lowest BCUT2D eigenvalue weighted by Crippen LogP contribution is -2.36. The lowest BCUT2D eigenvalue weighted by molar-refractivity contribution is 0.239. The standard InChI is InChI=1S/C16H25NO2/c1-11(2)17-10-12-5-6-16(12)13-7-14(18-3)9-15(8-13)19-4/h7-9,11-12,16-17H,5-6,10H2,1-4H3. The molecule has 3 heteroatoms. The summed E-state index contributed by atoms with van der Waals surface area (Å²) in [6.07, 6.45) is 2.57. The molecule has 3 nitrogen and oxygen atoms in total. The minimum absolute atomic E-state index is 0.557. The number of benzene rings is 1. The second-order valence-electron chi connectivity index (χ2n) is 5.65. The molecule has 1 aliphatic rings. The van der Waals surface area contributed by atoms with Gasteiger partial charge in [0.1, 0.15) is 11.5 Å². The molecule has 1 aromatic carbocycles. The van der Waals surface area contributed by atoms with Crippen molar-refractivity contribution in [2.24, 2.45) is 5.92 Å². The van der Waals surface area contributed by atoms with Crippen LogP contribution in [0.1, 0.15) is 38.2 Å². The van der Waals surface area contributed by atoms with E-state index in [2.05, 4.69) is 31.3 Å². The molecule has 0 heterocycles. The average Bonchev–Trinajstić information content (AvgIpc) is 2.36. The summed E-state index contributed by atoms with van der Waals surface area (Å²) in [7, 11) is 3.41. The summed E-state index contributed by atoms with van der Waals surface area (Å²) in [6, 6.07) is 6.79. The summed E-state index contributed by atoms with van der Waals surface area (Å²) in [5.74, 6) is 3.14. The third-order valence-corrected chi connectivity index (χ3v) is 4.01. The van der Waals surface area contributed by atoms with E-state index in [1.165, 1.54) is 18.4 Å². The van der Waals surface area contributed by atoms with Crippen molar-refractivity contribution in [3.63, 3.8) is 0 Å². The first-order chi connectivity index (χ1) is 9.13. The summed E-state index contributed by atoms with van der Waals surface area (Å²) in [6.45, 7) is 5.49. The Hall–Kier alpha value is -1.22. The van der Waals surface area contributed by atoms with Gasteiger partial charge in [-0.1, -0.05) is 13.8 Å². The molecule has 0 aliphatic heterocycles. The Balaban J connectivity index is 2.08. The van der Waals surface area contributed by atoms with E-state index in [9.17, 15) is 0 Å². The Morgan fingerprint density at radius 3 is 2.16 bits per heavy atom. The van der Waals surface area contributed by atoms with Crippen LogP contribution in [0.25, 0.3) is 0 Å². The molecule has 2 atom stereocenters. The molecule has 2 rings (SSSR count). The van der Waals surface area contributed by atoms with Gasteiger partial charge in [0.05, 0.1) is 14.2 Å². The Labute approximate surface area is 116 Å². The molecule has 0 aromatic heterocycles. The number of hydrogen-bond donors (Lipinski definition) is 1. The summed E-state index contributed by atoms with van der Waals surface area (Å²) in [5, 5.41) is 3.54. The Kier molecular flexibility index (Phi) is 4.70. The van der Waals surface area contributed by atoms with Crippen LogP contribution < -0.4 is 14.8 Å². The molecule has 1 saturated carbocycles. The Morgan fingerprint density at radius 1 is 1.11 bits per heavy atom. The zero-order chi connectivity index (χ0) is 13.8. The molecule has 0 saturated heterocycles. The van der Waals surface area contributed by atoms with Gasteiger partial charge < -0.3 is 14.8 Å². The van der Waals surface area contributed by atoms with E-state index in [0.717, 1.165) is 24.0 Å². The van der Waals surface area contributed by atoms with Crippen LogP contribution in [0.3, 0.4) is 0 Å². The maximum Gasteiger partial charge on any atom is 0.122 e. The molecule has 0 bridgehead atoms. The fourth-order valence-electron chi connectivity index (χ4n) is 2.68. The second kappa shape index (κ2) is 6.29. The summed E-state index contributed by atoms with van der Waals surface area (Å²) < 4.78 is 10.7. The van der Waals surface area contributed by atoms with E-state index in [-0.39, 0.29) is 0 Å². The van der Waals surface area contributed by atoms with Crippen molar-refractivity contribution in [2.75, 3.05) is 20.8 Å². The Morgan fingerprint density at radius 2 is 1.74 bits per heavy atom. The predicted octanol–water partition coefficient (Wildman–Crippen LogP) is 3.20. The lowest BCUT2D eigenvalue weighted by Gasteiger charge is -2.38. The van der Waals surface area contributed by atoms with E-state index >= 15 is 0 Å². The zero-order valence-electron chi connectivity index (χ0n) is 12.4. The number of methoxy groups -OCH3 is 2.